The van der Waals surface area contributed by atoms with Crippen LogP contribution < -0.4 is 0 Å². The van der Waals surface area contributed by atoms with Crippen molar-refractivity contribution >= 4 is 5.97 Å². The van der Waals surface area contributed by atoms with Crippen LogP contribution in [-0.4, -0.2) is 22.5 Å². The summed E-state index contributed by atoms with van der Waals surface area (Å²) in [6, 6.07) is 9.98. The average Bonchev–Trinajstić information content (AvgIpc) is 2.79. The van der Waals surface area contributed by atoms with Crippen molar-refractivity contribution in [3.05, 3.63) is 53.6 Å². The number of benzene rings is 1. The SMILES string of the molecule is CCOC(=O)c1nc(Cc2ccccc2)c[nH]1. The van der Waals surface area contributed by atoms with E-state index in [1.807, 2.05) is 30.3 Å². The van der Waals surface area contributed by atoms with Crippen LogP contribution in [0, 0.1) is 0 Å². The molecule has 0 atom stereocenters. The van der Waals surface area contributed by atoms with Crippen LogP contribution in [0.25, 0.3) is 0 Å². The van der Waals surface area contributed by atoms with Gasteiger partial charge in [-0.3, -0.25) is 0 Å². The van der Waals surface area contributed by atoms with Crippen LogP contribution in [0.15, 0.2) is 36.5 Å². The topological polar surface area (TPSA) is 55.0 Å². The lowest BCUT2D eigenvalue weighted by atomic mass is 10.1. The van der Waals surface area contributed by atoms with Crippen molar-refractivity contribution in [3.8, 4) is 0 Å². The van der Waals surface area contributed by atoms with Gasteiger partial charge in [-0.1, -0.05) is 30.3 Å². The van der Waals surface area contributed by atoms with Crippen molar-refractivity contribution in [2.24, 2.45) is 0 Å². The van der Waals surface area contributed by atoms with Crippen LogP contribution in [0.3, 0.4) is 0 Å². The molecule has 0 bridgehead atoms. The summed E-state index contributed by atoms with van der Waals surface area (Å²) in [5, 5.41) is 0. The maximum Gasteiger partial charge on any atom is 0.374 e. The summed E-state index contributed by atoms with van der Waals surface area (Å²) in [5.41, 5.74) is 1.99. The van der Waals surface area contributed by atoms with Crippen LogP contribution in [0.1, 0.15) is 28.8 Å². The zero-order chi connectivity index (χ0) is 12.1. The van der Waals surface area contributed by atoms with Gasteiger partial charge in [0.25, 0.3) is 0 Å². The first kappa shape index (κ1) is 11.4. The third-order valence-electron chi connectivity index (χ3n) is 2.33. The Hall–Kier alpha value is -2.10. The highest BCUT2D eigenvalue weighted by Crippen LogP contribution is 2.07. The van der Waals surface area contributed by atoms with E-state index < -0.39 is 5.97 Å². The fourth-order valence-corrected chi connectivity index (χ4v) is 1.56. The molecular formula is C13H14N2O2. The molecule has 0 amide bonds. The number of nitrogens with zero attached hydrogens (tertiary/aromatic N) is 1. The average molecular weight is 230 g/mol. The molecule has 1 aromatic carbocycles. The Morgan fingerprint density at radius 3 is 2.82 bits per heavy atom. The van der Waals surface area contributed by atoms with E-state index in [-0.39, 0.29) is 5.82 Å². The second-order valence-corrected chi connectivity index (χ2v) is 3.62. The lowest BCUT2D eigenvalue weighted by Gasteiger charge is -1.97. The Morgan fingerprint density at radius 1 is 1.35 bits per heavy atom. The van der Waals surface area contributed by atoms with Gasteiger partial charge in [-0.25, -0.2) is 9.78 Å². The molecule has 17 heavy (non-hydrogen) atoms. The molecule has 0 saturated heterocycles. The number of nitrogens with one attached hydrogen (secondary N) is 1. The zero-order valence-electron chi connectivity index (χ0n) is 9.64. The maximum atomic E-state index is 11.4. The molecule has 2 rings (SSSR count). The van der Waals surface area contributed by atoms with Gasteiger partial charge in [-0.05, 0) is 12.5 Å². The van der Waals surface area contributed by atoms with Gasteiger partial charge in [-0.15, -0.1) is 0 Å². The van der Waals surface area contributed by atoms with E-state index in [0.29, 0.717) is 13.0 Å². The highest BCUT2D eigenvalue weighted by Gasteiger charge is 2.11. The number of aromatic amines is 1. The number of ether oxygens (including phenoxy) is 1. The van der Waals surface area contributed by atoms with Crippen LogP contribution in [0.5, 0.6) is 0 Å². The molecule has 4 nitrogen and oxygen atoms in total. The Kier molecular flexibility index (Phi) is 3.55. The summed E-state index contributed by atoms with van der Waals surface area (Å²) >= 11 is 0. The first-order valence-corrected chi connectivity index (χ1v) is 5.55. The van der Waals surface area contributed by atoms with Crippen LogP contribution in [-0.2, 0) is 11.2 Å². The van der Waals surface area contributed by atoms with Crippen molar-refractivity contribution in [2.45, 2.75) is 13.3 Å². The largest absolute Gasteiger partial charge is 0.460 e. The van der Waals surface area contributed by atoms with Crippen molar-refractivity contribution in [3.63, 3.8) is 0 Å². The minimum absolute atomic E-state index is 0.262. The molecule has 0 aliphatic heterocycles. The Bertz CT molecular complexity index is 491. The monoisotopic (exact) mass is 230 g/mol. The standard InChI is InChI=1S/C13H14N2O2/c1-2-17-13(16)12-14-9-11(15-12)8-10-6-4-3-5-7-10/h3-7,9H,2,8H2,1H3,(H,14,15). The second-order valence-electron chi connectivity index (χ2n) is 3.62. The minimum atomic E-state index is -0.410. The zero-order valence-corrected chi connectivity index (χ0v) is 9.64. The maximum absolute atomic E-state index is 11.4. The van der Waals surface area contributed by atoms with Gasteiger partial charge >= 0.3 is 5.97 Å². The molecule has 0 fully saturated rings. The van der Waals surface area contributed by atoms with Crippen LogP contribution in [0.2, 0.25) is 0 Å². The molecule has 0 unspecified atom stereocenters. The molecule has 88 valence electrons. The van der Waals surface area contributed by atoms with Gasteiger partial charge in [-0.2, -0.15) is 0 Å². The highest BCUT2D eigenvalue weighted by molar-refractivity contribution is 5.85. The first-order chi connectivity index (χ1) is 8.29. The lowest BCUT2D eigenvalue weighted by Crippen LogP contribution is -2.06. The smallest absolute Gasteiger partial charge is 0.374 e. The molecule has 2 aromatic rings. The lowest BCUT2D eigenvalue weighted by molar-refractivity contribution is 0.0513. The van der Waals surface area contributed by atoms with Gasteiger partial charge in [0.05, 0.1) is 12.3 Å². The predicted molar refractivity (Wildman–Crippen MR) is 63.8 cm³/mol. The fourth-order valence-electron chi connectivity index (χ4n) is 1.56. The molecular weight excluding hydrogens is 216 g/mol. The normalized spacial score (nSPS) is 10.2. The third-order valence-corrected chi connectivity index (χ3v) is 2.33. The summed E-state index contributed by atoms with van der Waals surface area (Å²) in [6.45, 7) is 2.12. The summed E-state index contributed by atoms with van der Waals surface area (Å²) in [7, 11) is 0. The molecule has 0 saturated carbocycles. The second kappa shape index (κ2) is 5.30. The molecule has 0 aliphatic rings. The predicted octanol–water partition coefficient (Wildman–Crippen LogP) is 2.18. The van der Waals surface area contributed by atoms with Crippen LogP contribution >= 0.6 is 0 Å². The number of esters is 1. The van der Waals surface area contributed by atoms with Gasteiger partial charge in [0.2, 0.25) is 5.82 Å². The molecule has 1 N–H and O–H groups in total. The first-order valence-electron chi connectivity index (χ1n) is 5.55. The Balaban J connectivity index is 2.06. The van der Waals surface area contributed by atoms with E-state index in [2.05, 4.69) is 9.97 Å². The fraction of sp³-hybridized carbons (Fsp3) is 0.231. The molecule has 0 spiro atoms. The van der Waals surface area contributed by atoms with Crippen molar-refractivity contribution in [1.82, 2.24) is 9.97 Å². The number of aromatic nitrogens is 2. The number of H-pyrrole nitrogens is 1. The number of rotatable bonds is 4. The number of carbonyl (C=O) groups is 1. The van der Waals surface area contributed by atoms with E-state index in [4.69, 9.17) is 4.74 Å². The molecule has 1 heterocycles. The number of imidazole rings is 1. The van der Waals surface area contributed by atoms with E-state index in [1.54, 1.807) is 13.1 Å². The summed E-state index contributed by atoms with van der Waals surface area (Å²) in [6.07, 6.45) is 2.44. The minimum Gasteiger partial charge on any atom is -0.460 e. The van der Waals surface area contributed by atoms with Gasteiger partial charge in [0.15, 0.2) is 0 Å². The number of hydrogen-bond donors (Lipinski definition) is 1. The summed E-state index contributed by atoms with van der Waals surface area (Å²) in [5.74, 6) is -0.149. The Morgan fingerprint density at radius 2 is 2.12 bits per heavy atom. The van der Waals surface area contributed by atoms with Crippen LogP contribution in [0.4, 0.5) is 0 Å². The molecule has 4 heteroatoms. The number of carbonyl (C=O) groups excluding carboxylic acids is 1. The van der Waals surface area contributed by atoms with Crippen molar-refractivity contribution in [2.75, 3.05) is 6.61 Å². The van der Waals surface area contributed by atoms with E-state index >= 15 is 0 Å². The number of hydrogen-bond acceptors (Lipinski definition) is 3. The summed E-state index contributed by atoms with van der Waals surface area (Å²) < 4.78 is 4.86. The van der Waals surface area contributed by atoms with Gasteiger partial charge < -0.3 is 9.72 Å². The molecule has 1 aromatic heterocycles. The van der Waals surface area contributed by atoms with E-state index in [1.165, 1.54) is 0 Å². The van der Waals surface area contributed by atoms with Gasteiger partial charge in [0, 0.05) is 12.6 Å². The third kappa shape index (κ3) is 2.93. The summed E-state index contributed by atoms with van der Waals surface area (Å²) in [4.78, 5) is 18.4. The highest BCUT2D eigenvalue weighted by atomic mass is 16.5. The van der Waals surface area contributed by atoms with Crippen molar-refractivity contribution in [1.29, 1.82) is 0 Å². The Labute approximate surface area is 99.7 Å². The van der Waals surface area contributed by atoms with Crippen molar-refractivity contribution < 1.29 is 9.53 Å². The van der Waals surface area contributed by atoms with Gasteiger partial charge in [0.1, 0.15) is 0 Å². The molecule has 0 aliphatic carbocycles. The van der Waals surface area contributed by atoms with E-state index in [9.17, 15) is 4.79 Å². The molecule has 0 radical (unpaired) electrons. The quantitative estimate of drug-likeness (QED) is 0.819. The van der Waals surface area contributed by atoms with E-state index in [0.717, 1.165) is 11.3 Å².